The van der Waals surface area contributed by atoms with Gasteiger partial charge < -0.3 is 15.2 Å². The first-order valence-electron chi connectivity index (χ1n) is 8.24. The molecule has 1 aliphatic heterocycles. The molecule has 1 aromatic heterocycles. The molecular weight excluding hydrogens is 290 g/mol. The van der Waals surface area contributed by atoms with Crippen LogP contribution in [0.4, 0.5) is 0 Å². The van der Waals surface area contributed by atoms with Crippen molar-refractivity contribution in [3.8, 4) is 0 Å². The van der Waals surface area contributed by atoms with Crippen molar-refractivity contribution in [1.82, 2.24) is 9.47 Å². The number of hydrogen-bond donors (Lipinski definition) is 1. The molecule has 0 radical (unpaired) electrons. The molecule has 0 unspecified atom stereocenters. The highest BCUT2D eigenvalue weighted by Gasteiger charge is 2.26. The molecule has 0 bridgehead atoms. The standard InChI is InChI=1S/C18H23N3O2/c1-2-20-12-14(15-5-3-4-6-16(15)20)11-17(22)21-9-7-13(8-10-21)18(19)23/h3-6,12-13H,2,7-11H2,1H3,(H2,19,23). The minimum atomic E-state index is -0.247. The van der Waals surface area contributed by atoms with E-state index in [4.69, 9.17) is 5.73 Å². The van der Waals surface area contributed by atoms with E-state index >= 15 is 0 Å². The summed E-state index contributed by atoms with van der Waals surface area (Å²) < 4.78 is 2.18. The lowest BCUT2D eigenvalue weighted by molar-refractivity contribution is -0.134. The van der Waals surface area contributed by atoms with Gasteiger partial charge in [-0.3, -0.25) is 9.59 Å². The molecule has 2 N–H and O–H groups in total. The molecule has 5 nitrogen and oxygen atoms in total. The molecule has 23 heavy (non-hydrogen) atoms. The van der Waals surface area contributed by atoms with Crippen molar-refractivity contribution < 1.29 is 9.59 Å². The van der Waals surface area contributed by atoms with Crippen LogP contribution in [-0.2, 0) is 22.6 Å². The number of carbonyl (C=O) groups is 2. The molecule has 0 saturated carbocycles. The fourth-order valence-electron chi connectivity index (χ4n) is 3.41. The Morgan fingerprint density at radius 2 is 1.91 bits per heavy atom. The monoisotopic (exact) mass is 313 g/mol. The largest absolute Gasteiger partial charge is 0.369 e. The summed E-state index contributed by atoms with van der Waals surface area (Å²) >= 11 is 0. The van der Waals surface area contributed by atoms with Crippen LogP contribution in [-0.4, -0.2) is 34.4 Å². The third kappa shape index (κ3) is 3.09. The molecule has 1 saturated heterocycles. The van der Waals surface area contributed by atoms with Crippen LogP contribution in [0, 0.1) is 5.92 Å². The molecule has 0 aliphatic carbocycles. The second-order valence-corrected chi connectivity index (χ2v) is 6.19. The second-order valence-electron chi connectivity index (χ2n) is 6.19. The van der Waals surface area contributed by atoms with Crippen LogP contribution in [0.5, 0.6) is 0 Å². The topological polar surface area (TPSA) is 68.3 Å². The molecule has 1 aliphatic rings. The number of fused-ring (bicyclic) bond motifs is 1. The second kappa shape index (κ2) is 6.44. The predicted molar refractivity (Wildman–Crippen MR) is 89.8 cm³/mol. The zero-order valence-electron chi connectivity index (χ0n) is 13.5. The van der Waals surface area contributed by atoms with Gasteiger partial charge in [-0.1, -0.05) is 18.2 Å². The third-order valence-corrected chi connectivity index (χ3v) is 4.80. The van der Waals surface area contributed by atoms with E-state index in [0.29, 0.717) is 32.4 Å². The van der Waals surface area contributed by atoms with Gasteiger partial charge in [-0.15, -0.1) is 0 Å². The van der Waals surface area contributed by atoms with Crippen molar-refractivity contribution in [2.24, 2.45) is 11.7 Å². The summed E-state index contributed by atoms with van der Waals surface area (Å²) in [5.74, 6) is -0.198. The summed E-state index contributed by atoms with van der Waals surface area (Å²) in [6.07, 6.45) is 3.85. The lowest BCUT2D eigenvalue weighted by Gasteiger charge is -2.30. The third-order valence-electron chi connectivity index (χ3n) is 4.80. The highest BCUT2D eigenvalue weighted by Crippen LogP contribution is 2.23. The van der Waals surface area contributed by atoms with Gasteiger partial charge in [0.25, 0.3) is 0 Å². The Labute approximate surface area is 136 Å². The zero-order valence-corrected chi connectivity index (χ0v) is 13.5. The van der Waals surface area contributed by atoms with Gasteiger partial charge >= 0.3 is 0 Å². The number of aromatic nitrogens is 1. The molecule has 1 fully saturated rings. The van der Waals surface area contributed by atoms with Crippen LogP contribution in [0.2, 0.25) is 0 Å². The van der Waals surface area contributed by atoms with Crippen molar-refractivity contribution in [3.63, 3.8) is 0 Å². The quantitative estimate of drug-likeness (QED) is 0.937. The van der Waals surface area contributed by atoms with Crippen LogP contribution < -0.4 is 5.73 Å². The van der Waals surface area contributed by atoms with E-state index in [0.717, 1.165) is 17.5 Å². The van der Waals surface area contributed by atoms with Crippen molar-refractivity contribution in [2.75, 3.05) is 13.1 Å². The first-order valence-corrected chi connectivity index (χ1v) is 8.24. The highest BCUT2D eigenvalue weighted by atomic mass is 16.2. The number of benzene rings is 1. The first kappa shape index (κ1) is 15.6. The molecule has 0 atom stereocenters. The number of piperidine rings is 1. The van der Waals surface area contributed by atoms with E-state index in [1.165, 1.54) is 5.52 Å². The van der Waals surface area contributed by atoms with Gasteiger partial charge in [-0.05, 0) is 31.4 Å². The molecule has 3 rings (SSSR count). The van der Waals surface area contributed by atoms with E-state index < -0.39 is 0 Å². The van der Waals surface area contributed by atoms with Gasteiger partial charge in [-0.25, -0.2) is 0 Å². The minimum absolute atomic E-state index is 0.0824. The number of carbonyl (C=O) groups excluding carboxylic acids is 2. The summed E-state index contributed by atoms with van der Waals surface area (Å²) in [7, 11) is 0. The average Bonchev–Trinajstić information content (AvgIpc) is 2.93. The summed E-state index contributed by atoms with van der Waals surface area (Å²) in [6, 6.07) is 8.19. The van der Waals surface area contributed by atoms with Gasteiger partial charge in [-0.2, -0.15) is 0 Å². The van der Waals surface area contributed by atoms with E-state index in [1.807, 2.05) is 17.0 Å². The Morgan fingerprint density at radius 3 is 2.57 bits per heavy atom. The van der Waals surface area contributed by atoms with Crippen molar-refractivity contribution >= 4 is 22.7 Å². The van der Waals surface area contributed by atoms with E-state index in [-0.39, 0.29) is 17.7 Å². The smallest absolute Gasteiger partial charge is 0.227 e. The average molecular weight is 313 g/mol. The maximum atomic E-state index is 12.6. The Balaban J connectivity index is 1.73. The lowest BCUT2D eigenvalue weighted by atomic mass is 9.96. The van der Waals surface area contributed by atoms with Crippen LogP contribution in [0.25, 0.3) is 10.9 Å². The fraction of sp³-hybridized carbons (Fsp3) is 0.444. The van der Waals surface area contributed by atoms with Crippen LogP contribution in [0.1, 0.15) is 25.3 Å². The molecule has 1 aromatic carbocycles. The van der Waals surface area contributed by atoms with Gasteiger partial charge in [0.1, 0.15) is 0 Å². The number of primary amides is 1. The predicted octanol–water partition coefficient (Wildman–Crippen LogP) is 1.93. The number of nitrogens with two attached hydrogens (primary N) is 1. The van der Waals surface area contributed by atoms with Gasteiger partial charge in [0.2, 0.25) is 11.8 Å². The number of nitrogens with zero attached hydrogens (tertiary/aromatic N) is 2. The molecule has 5 heteroatoms. The number of likely N-dealkylation sites (tertiary alicyclic amines) is 1. The van der Waals surface area contributed by atoms with Crippen LogP contribution in [0.15, 0.2) is 30.5 Å². The van der Waals surface area contributed by atoms with Crippen molar-refractivity contribution in [1.29, 1.82) is 0 Å². The summed E-state index contributed by atoms with van der Waals surface area (Å²) in [6.45, 7) is 4.24. The Morgan fingerprint density at radius 1 is 1.22 bits per heavy atom. The van der Waals surface area contributed by atoms with Gasteiger partial charge in [0.15, 0.2) is 0 Å². The van der Waals surface area contributed by atoms with Crippen LogP contribution >= 0.6 is 0 Å². The van der Waals surface area contributed by atoms with Crippen molar-refractivity contribution in [3.05, 3.63) is 36.0 Å². The summed E-state index contributed by atoms with van der Waals surface area (Å²) in [5, 5.41) is 1.15. The first-order chi connectivity index (χ1) is 11.1. The highest BCUT2D eigenvalue weighted by molar-refractivity contribution is 5.89. The lowest BCUT2D eigenvalue weighted by Crippen LogP contribution is -2.42. The molecule has 2 heterocycles. The Kier molecular flexibility index (Phi) is 4.37. The van der Waals surface area contributed by atoms with E-state index in [2.05, 4.69) is 29.8 Å². The summed E-state index contributed by atoms with van der Waals surface area (Å²) in [4.78, 5) is 25.7. The number of aryl methyl sites for hydroxylation is 1. The van der Waals surface area contributed by atoms with Gasteiger partial charge in [0.05, 0.1) is 6.42 Å². The normalized spacial score (nSPS) is 16.0. The Hall–Kier alpha value is -2.30. The summed E-state index contributed by atoms with van der Waals surface area (Å²) in [5.41, 5.74) is 7.59. The Bertz CT molecular complexity index is 727. The maximum Gasteiger partial charge on any atom is 0.227 e. The molecular formula is C18H23N3O2. The van der Waals surface area contributed by atoms with E-state index in [1.54, 1.807) is 0 Å². The number of hydrogen-bond acceptors (Lipinski definition) is 2. The fourth-order valence-corrected chi connectivity index (χ4v) is 3.41. The molecule has 0 spiro atoms. The maximum absolute atomic E-state index is 12.6. The number of para-hydroxylation sites is 1. The SMILES string of the molecule is CCn1cc(CC(=O)N2CCC(C(N)=O)CC2)c2ccccc21. The van der Waals surface area contributed by atoms with Crippen LogP contribution in [0.3, 0.4) is 0 Å². The van der Waals surface area contributed by atoms with E-state index in [9.17, 15) is 9.59 Å². The minimum Gasteiger partial charge on any atom is -0.369 e. The molecule has 2 aromatic rings. The molecule has 122 valence electrons. The van der Waals surface area contributed by atoms with Crippen molar-refractivity contribution in [2.45, 2.75) is 32.7 Å². The number of amides is 2. The molecule has 2 amide bonds. The number of rotatable bonds is 4. The van der Waals surface area contributed by atoms with Gasteiger partial charge in [0, 0.05) is 42.7 Å². The zero-order chi connectivity index (χ0) is 16.4.